The SMILES string of the molecule is O=C(C1CCS(=O)(=O)CC1)N1CCN(c2cc(C(F)(F)F)on2)CC1c1ccc(F)cc1F. The molecule has 180 valence electrons. The number of halogens is 5. The van der Waals surface area contributed by atoms with Gasteiger partial charge in [0.15, 0.2) is 5.82 Å². The summed E-state index contributed by atoms with van der Waals surface area (Å²) in [6, 6.07) is 2.67. The van der Waals surface area contributed by atoms with E-state index in [2.05, 4.69) is 9.68 Å². The minimum absolute atomic E-state index is 0.00239. The van der Waals surface area contributed by atoms with Crippen LogP contribution in [0.4, 0.5) is 27.8 Å². The van der Waals surface area contributed by atoms with Crippen LogP contribution in [0.5, 0.6) is 0 Å². The monoisotopic (exact) mass is 493 g/mol. The zero-order valence-electron chi connectivity index (χ0n) is 17.2. The molecular formula is C20H20F5N3O4S. The number of hydrogen-bond donors (Lipinski definition) is 0. The van der Waals surface area contributed by atoms with Gasteiger partial charge in [0.2, 0.25) is 11.7 Å². The van der Waals surface area contributed by atoms with Crippen molar-refractivity contribution in [3.05, 3.63) is 47.2 Å². The number of amides is 1. The fourth-order valence-electron chi connectivity index (χ4n) is 4.21. The molecule has 1 aromatic heterocycles. The third kappa shape index (κ3) is 4.97. The van der Waals surface area contributed by atoms with E-state index in [0.717, 1.165) is 12.1 Å². The molecule has 1 amide bonds. The van der Waals surface area contributed by atoms with Crippen LogP contribution < -0.4 is 4.90 Å². The van der Waals surface area contributed by atoms with Gasteiger partial charge in [0.05, 0.1) is 17.5 Å². The van der Waals surface area contributed by atoms with Crippen LogP contribution in [0.25, 0.3) is 0 Å². The van der Waals surface area contributed by atoms with Crippen molar-refractivity contribution in [1.29, 1.82) is 0 Å². The standard InChI is InChI=1S/C20H20F5N3O4S/c21-13-1-2-14(15(22)9-13)16-11-27(18-10-17(32-26-18)20(23,24)25)5-6-28(16)19(29)12-3-7-33(30,31)8-4-12/h1-2,9-10,12,16H,3-8,11H2. The Morgan fingerprint density at radius 3 is 2.39 bits per heavy atom. The summed E-state index contributed by atoms with van der Waals surface area (Å²) >= 11 is 0. The molecule has 2 saturated heterocycles. The molecule has 1 unspecified atom stereocenters. The average Bonchev–Trinajstić information content (AvgIpc) is 3.24. The molecule has 7 nitrogen and oxygen atoms in total. The van der Waals surface area contributed by atoms with E-state index in [4.69, 9.17) is 0 Å². The number of piperazine rings is 1. The number of nitrogens with zero attached hydrogens (tertiary/aromatic N) is 3. The molecule has 2 fully saturated rings. The molecule has 1 aromatic carbocycles. The molecule has 3 heterocycles. The Bertz CT molecular complexity index is 1140. The van der Waals surface area contributed by atoms with E-state index in [-0.39, 0.29) is 61.3 Å². The summed E-state index contributed by atoms with van der Waals surface area (Å²) in [5, 5.41) is 3.45. The molecule has 0 aliphatic carbocycles. The maximum absolute atomic E-state index is 14.6. The molecule has 2 aliphatic heterocycles. The number of rotatable bonds is 3. The van der Waals surface area contributed by atoms with Crippen LogP contribution >= 0.6 is 0 Å². The first-order chi connectivity index (χ1) is 15.4. The number of carbonyl (C=O) groups is 1. The van der Waals surface area contributed by atoms with Crippen molar-refractivity contribution < 1.29 is 39.7 Å². The molecule has 0 radical (unpaired) electrons. The van der Waals surface area contributed by atoms with Crippen LogP contribution in [0.15, 0.2) is 28.8 Å². The van der Waals surface area contributed by atoms with E-state index >= 15 is 0 Å². The van der Waals surface area contributed by atoms with Crippen molar-refractivity contribution in [2.45, 2.75) is 25.1 Å². The lowest BCUT2D eigenvalue weighted by atomic mass is 9.96. The Balaban J connectivity index is 1.62. The summed E-state index contributed by atoms with van der Waals surface area (Å²) in [5.74, 6) is -4.32. The van der Waals surface area contributed by atoms with Crippen LogP contribution in [0.1, 0.15) is 30.2 Å². The minimum atomic E-state index is -4.73. The second-order valence-electron chi connectivity index (χ2n) is 8.13. The van der Waals surface area contributed by atoms with Crippen LogP contribution in [-0.4, -0.2) is 55.5 Å². The number of aromatic nitrogens is 1. The number of sulfone groups is 1. The zero-order chi connectivity index (χ0) is 24.0. The third-order valence-corrected chi connectivity index (χ3v) is 7.71. The molecule has 13 heteroatoms. The van der Waals surface area contributed by atoms with Crippen molar-refractivity contribution in [1.82, 2.24) is 10.1 Å². The van der Waals surface area contributed by atoms with Gasteiger partial charge in [-0.25, -0.2) is 17.2 Å². The van der Waals surface area contributed by atoms with Crippen LogP contribution in [0.2, 0.25) is 0 Å². The highest BCUT2D eigenvalue weighted by Gasteiger charge is 2.40. The lowest BCUT2D eigenvalue weighted by Crippen LogP contribution is -2.53. The van der Waals surface area contributed by atoms with E-state index < -0.39 is 45.4 Å². The number of benzene rings is 1. The predicted octanol–water partition coefficient (Wildman–Crippen LogP) is 3.19. The highest BCUT2D eigenvalue weighted by Crippen LogP contribution is 2.35. The van der Waals surface area contributed by atoms with Gasteiger partial charge in [0.25, 0.3) is 0 Å². The van der Waals surface area contributed by atoms with Gasteiger partial charge in [-0.1, -0.05) is 11.2 Å². The molecule has 4 rings (SSSR count). The molecular weight excluding hydrogens is 473 g/mol. The maximum Gasteiger partial charge on any atom is 0.452 e. The third-order valence-electron chi connectivity index (χ3n) is 5.99. The Labute approximate surface area is 186 Å². The van der Waals surface area contributed by atoms with Gasteiger partial charge in [-0.15, -0.1) is 0 Å². The predicted molar refractivity (Wildman–Crippen MR) is 106 cm³/mol. The normalized spacial score (nSPS) is 21.9. The Kier molecular flexibility index (Phi) is 6.10. The first-order valence-electron chi connectivity index (χ1n) is 10.2. The first kappa shape index (κ1) is 23.5. The number of hydrogen-bond acceptors (Lipinski definition) is 6. The summed E-state index contributed by atoms with van der Waals surface area (Å²) in [6.45, 7) is 0.0147. The van der Waals surface area contributed by atoms with Crippen molar-refractivity contribution in [3.63, 3.8) is 0 Å². The highest BCUT2D eigenvalue weighted by molar-refractivity contribution is 7.91. The highest BCUT2D eigenvalue weighted by atomic mass is 32.2. The summed E-state index contributed by atoms with van der Waals surface area (Å²) in [7, 11) is -3.20. The maximum atomic E-state index is 14.6. The van der Waals surface area contributed by atoms with Crippen molar-refractivity contribution >= 4 is 21.6 Å². The Morgan fingerprint density at radius 1 is 1.09 bits per heavy atom. The lowest BCUT2D eigenvalue weighted by molar-refractivity contribution is -0.155. The largest absolute Gasteiger partial charge is 0.452 e. The van der Waals surface area contributed by atoms with Gasteiger partial charge in [0, 0.05) is 43.2 Å². The minimum Gasteiger partial charge on any atom is -0.350 e. The quantitative estimate of drug-likeness (QED) is 0.611. The zero-order valence-corrected chi connectivity index (χ0v) is 18.0. The van der Waals surface area contributed by atoms with Gasteiger partial charge in [-0.05, 0) is 18.9 Å². The van der Waals surface area contributed by atoms with Gasteiger partial charge >= 0.3 is 6.18 Å². The van der Waals surface area contributed by atoms with Crippen molar-refractivity contribution in [2.75, 3.05) is 36.0 Å². The van der Waals surface area contributed by atoms with E-state index in [1.54, 1.807) is 0 Å². The lowest BCUT2D eigenvalue weighted by Gasteiger charge is -2.43. The van der Waals surface area contributed by atoms with Crippen LogP contribution in [-0.2, 0) is 20.8 Å². The Morgan fingerprint density at radius 2 is 1.79 bits per heavy atom. The van der Waals surface area contributed by atoms with Gasteiger partial charge in [-0.3, -0.25) is 4.79 Å². The van der Waals surface area contributed by atoms with Gasteiger partial charge in [0.1, 0.15) is 21.5 Å². The fraction of sp³-hybridized carbons (Fsp3) is 0.500. The number of carbonyl (C=O) groups excluding carboxylic acids is 1. The number of alkyl halides is 3. The fourth-order valence-corrected chi connectivity index (χ4v) is 5.70. The van der Waals surface area contributed by atoms with E-state index in [1.165, 1.54) is 15.9 Å². The second kappa shape index (κ2) is 8.58. The molecule has 0 N–H and O–H groups in total. The summed E-state index contributed by atoms with van der Waals surface area (Å²) in [4.78, 5) is 16.1. The summed E-state index contributed by atoms with van der Waals surface area (Å²) < 4.78 is 94.6. The number of anilines is 1. The molecule has 2 aromatic rings. The van der Waals surface area contributed by atoms with E-state index in [9.17, 15) is 35.2 Å². The van der Waals surface area contributed by atoms with Crippen molar-refractivity contribution in [2.24, 2.45) is 5.92 Å². The average molecular weight is 493 g/mol. The van der Waals surface area contributed by atoms with E-state index in [1.807, 2.05) is 0 Å². The molecule has 2 aliphatic rings. The molecule has 0 spiro atoms. The smallest absolute Gasteiger partial charge is 0.350 e. The van der Waals surface area contributed by atoms with Crippen molar-refractivity contribution in [3.8, 4) is 0 Å². The van der Waals surface area contributed by atoms with Gasteiger partial charge < -0.3 is 14.3 Å². The Hall–Kier alpha value is -2.70. The molecule has 0 bridgehead atoms. The van der Waals surface area contributed by atoms with E-state index in [0.29, 0.717) is 6.07 Å². The molecule has 33 heavy (non-hydrogen) atoms. The van der Waals surface area contributed by atoms with Gasteiger partial charge in [-0.2, -0.15) is 13.2 Å². The molecule has 1 atom stereocenters. The van der Waals surface area contributed by atoms with Crippen LogP contribution in [0, 0.1) is 17.6 Å². The molecule has 0 saturated carbocycles. The summed E-state index contributed by atoms with van der Waals surface area (Å²) in [6.07, 6.45) is -4.46. The second-order valence-corrected chi connectivity index (χ2v) is 10.4. The first-order valence-corrected chi connectivity index (χ1v) is 12.0. The van der Waals surface area contributed by atoms with Crippen LogP contribution in [0.3, 0.4) is 0 Å². The topological polar surface area (TPSA) is 83.7 Å². The summed E-state index contributed by atoms with van der Waals surface area (Å²) in [5.41, 5.74) is -0.00239.